The fourth-order valence-corrected chi connectivity index (χ4v) is 2.85. The fourth-order valence-electron chi connectivity index (χ4n) is 2.73. The number of hydrogen-bond donors (Lipinski definition) is 2. The van der Waals surface area contributed by atoms with E-state index in [1.54, 1.807) is 0 Å². The van der Waals surface area contributed by atoms with Crippen LogP contribution < -0.4 is 10.6 Å². The molecule has 22 heavy (non-hydrogen) atoms. The van der Waals surface area contributed by atoms with E-state index >= 15 is 0 Å². The van der Waals surface area contributed by atoms with Gasteiger partial charge in [-0.05, 0) is 37.0 Å². The second-order valence-corrected chi connectivity index (χ2v) is 6.23. The Morgan fingerprint density at radius 2 is 1.64 bits per heavy atom. The molecule has 120 valence electrons. The van der Waals surface area contributed by atoms with E-state index in [1.807, 2.05) is 24.3 Å². The first-order chi connectivity index (χ1) is 10.6. The van der Waals surface area contributed by atoms with Crippen LogP contribution >= 0.6 is 11.6 Å². The smallest absolute Gasteiger partial charge is 0.309 e. The summed E-state index contributed by atoms with van der Waals surface area (Å²) in [6.07, 6.45) is 7.33. The Labute approximate surface area is 136 Å². The molecule has 1 aliphatic carbocycles. The van der Waals surface area contributed by atoms with Gasteiger partial charge in [0.15, 0.2) is 0 Å². The van der Waals surface area contributed by atoms with Gasteiger partial charge in [-0.15, -0.1) is 0 Å². The topological polar surface area (TPSA) is 58.2 Å². The second-order valence-electron chi connectivity index (χ2n) is 5.79. The van der Waals surface area contributed by atoms with E-state index in [0.717, 1.165) is 31.2 Å². The van der Waals surface area contributed by atoms with Gasteiger partial charge in [-0.2, -0.15) is 0 Å². The lowest BCUT2D eigenvalue weighted by Crippen LogP contribution is -2.44. The Hall–Kier alpha value is -1.55. The first-order valence-corrected chi connectivity index (χ1v) is 8.36. The van der Waals surface area contributed by atoms with Crippen molar-refractivity contribution in [3.63, 3.8) is 0 Å². The molecule has 0 unspecified atom stereocenters. The molecule has 2 amide bonds. The van der Waals surface area contributed by atoms with Crippen LogP contribution in [0.3, 0.4) is 0 Å². The van der Waals surface area contributed by atoms with E-state index in [0.29, 0.717) is 18.0 Å². The van der Waals surface area contributed by atoms with Gasteiger partial charge in [0.2, 0.25) is 0 Å². The van der Waals surface area contributed by atoms with Gasteiger partial charge in [-0.1, -0.05) is 49.4 Å². The average molecular weight is 323 g/mol. The molecule has 0 saturated heterocycles. The van der Waals surface area contributed by atoms with E-state index in [9.17, 15) is 9.59 Å². The summed E-state index contributed by atoms with van der Waals surface area (Å²) in [5.41, 5.74) is 1.08. The zero-order chi connectivity index (χ0) is 15.8. The maximum absolute atomic E-state index is 11.9. The fraction of sp³-hybridized carbons (Fsp3) is 0.529. The first kappa shape index (κ1) is 16.8. The van der Waals surface area contributed by atoms with E-state index in [1.165, 1.54) is 12.8 Å². The van der Waals surface area contributed by atoms with Crippen LogP contribution in [-0.4, -0.2) is 24.4 Å². The van der Waals surface area contributed by atoms with Crippen molar-refractivity contribution < 1.29 is 9.59 Å². The normalized spacial score (nSPS) is 15.9. The lowest BCUT2D eigenvalue weighted by atomic mass is 10.1. The van der Waals surface area contributed by atoms with Gasteiger partial charge in [0.1, 0.15) is 0 Å². The largest absolute Gasteiger partial charge is 0.348 e. The first-order valence-electron chi connectivity index (χ1n) is 7.98. The van der Waals surface area contributed by atoms with Crippen LogP contribution in [0.25, 0.3) is 0 Å². The molecule has 0 aliphatic heterocycles. The summed E-state index contributed by atoms with van der Waals surface area (Å²) in [7, 11) is 0. The molecule has 2 rings (SSSR count). The maximum atomic E-state index is 11.9. The number of amides is 2. The van der Waals surface area contributed by atoms with Gasteiger partial charge < -0.3 is 10.6 Å². The highest BCUT2D eigenvalue weighted by Gasteiger charge is 2.19. The molecule has 0 radical (unpaired) electrons. The number of halogens is 1. The molecule has 0 spiro atoms. The Balaban J connectivity index is 1.69. The van der Waals surface area contributed by atoms with E-state index in [2.05, 4.69) is 10.6 Å². The summed E-state index contributed by atoms with van der Waals surface area (Å²) in [6.45, 7) is 0.443. The molecule has 1 aromatic carbocycles. The summed E-state index contributed by atoms with van der Waals surface area (Å²) in [4.78, 5) is 23.7. The van der Waals surface area contributed by atoms with Gasteiger partial charge in [0.25, 0.3) is 0 Å². The molecule has 0 heterocycles. The van der Waals surface area contributed by atoms with E-state index < -0.39 is 11.8 Å². The zero-order valence-corrected chi connectivity index (χ0v) is 13.5. The van der Waals surface area contributed by atoms with Crippen LogP contribution in [0.4, 0.5) is 0 Å². The van der Waals surface area contributed by atoms with E-state index in [4.69, 9.17) is 11.6 Å². The van der Waals surface area contributed by atoms with Gasteiger partial charge in [0, 0.05) is 17.6 Å². The predicted octanol–water partition coefficient (Wildman–Crippen LogP) is 2.84. The third-order valence-electron chi connectivity index (χ3n) is 4.01. The van der Waals surface area contributed by atoms with Crippen molar-refractivity contribution in [1.29, 1.82) is 0 Å². The molecule has 0 atom stereocenters. The number of benzene rings is 1. The van der Waals surface area contributed by atoms with Crippen molar-refractivity contribution in [3.8, 4) is 0 Å². The summed E-state index contributed by atoms with van der Waals surface area (Å²) >= 11 is 5.82. The van der Waals surface area contributed by atoms with Crippen LogP contribution in [0.1, 0.15) is 44.1 Å². The zero-order valence-electron chi connectivity index (χ0n) is 12.7. The molecular weight excluding hydrogens is 300 g/mol. The monoisotopic (exact) mass is 322 g/mol. The molecule has 1 aromatic rings. The van der Waals surface area contributed by atoms with Crippen LogP contribution in [-0.2, 0) is 16.0 Å². The summed E-state index contributed by atoms with van der Waals surface area (Å²) in [5, 5.41) is 6.20. The average Bonchev–Trinajstić information content (AvgIpc) is 2.77. The van der Waals surface area contributed by atoms with Crippen molar-refractivity contribution in [3.05, 3.63) is 34.9 Å². The number of hydrogen-bond acceptors (Lipinski definition) is 2. The van der Waals surface area contributed by atoms with Crippen molar-refractivity contribution in [2.24, 2.45) is 0 Å². The molecule has 4 nitrogen and oxygen atoms in total. The Kier molecular flexibility index (Phi) is 6.72. The molecule has 1 saturated carbocycles. The highest BCUT2D eigenvalue weighted by Crippen LogP contribution is 2.17. The molecule has 2 N–H and O–H groups in total. The molecule has 1 fully saturated rings. The van der Waals surface area contributed by atoms with Crippen LogP contribution in [0.2, 0.25) is 5.02 Å². The molecule has 1 aliphatic rings. The van der Waals surface area contributed by atoms with Gasteiger partial charge in [-0.25, -0.2) is 0 Å². The summed E-state index contributed by atoms with van der Waals surface area (Å²) < 4.78 is 0. The van der Waals surface area contributed by atoms with E-state index in [-0.39, 0.29) is 6.04 Å². The molecule has 0 bridgehead atoms. The summed E-state index contributed by atoms with van der Waals surface area (Å²) in [6, 6.07) is 7.62. The van der Waals surface area contributed by atoms with Gasteiger partial charge >= 0.3 is 11.8 Å². The van der Waals surface area contributed by atoms with Gasteiger partial charge in [-0.3, -0.25) is 9.59 Å². The van der Waals surface area contributed by atoms with Crippen LogP contribution in [0.15, 0.2) is 24.3 Å². The van der Waals surface area contributed by atoms with Crippen LogP contribution in [0.5, 0.6) is 0 Å². The minimum Gasteiger partial charge on any atom is -0.348 e. The highest BCUT2D eigenvalue weighted by atomic mass is 35.5. The molecule has 5 heteroatoms. The van der Waals surface area contributed by atoms with Crippen molar-refractivity contribution in [2.45, 2.75) is 51.0 Å². The Morgan fingerprint density at radius 3 is 2.27 bits per heavy atom. The Morgan fingerprint density at radius 1 is 1.00 bits per heavy atom. The van der Waals surface area contributed by atoms with Crippen molar-refractivity contribution in [1.82, 2.24) is 10.6 Å². The number of carbonyl (C=O) groups is 2. The van der Waals surface area contributed by atoms with Crippen molar-refractivity contribution in [2.75, 3.05) is 6.54 Å². The number of nitrogens with one attached hydrogen (secondary N) is 2. The lowest BCUT2D eigenvalue weighted by Gasteiger charge is -2.15. The third-order valence-corrected chi connectivity index (χ3v) is 4.26. The van der Waals surface area contributed by atoms with Crippen LogP contribution in [0, 0.1) is 0 Å². The second kappa shape index (κ2) is 8.79. The molecular formula is C17H23ClN2O2. The minimum absolute atomic E-state index is 0.150. The maximum Gasteiger partial charge on any atom is 0.309 e. The Bertz CT molecular complexity index is 494. The minimum atomic E-state index is -0.543. The number of rotatable bonds is 4. The summed E-state index contributed by atoms with van der Waals surface area (Å²) in [5.74, 6) is -1.05. The third kappa shape index (κ3) is 5.68. The predicted molar refractivity (Wildman–Crippen MR) is 87.8 cm³/mol. The highest BCUT2D eigenvalue weighted by molar-refractivity contribution is 6.35. The lowest BCUT2D eigenvalue weighted by molar-refractivity contribution is -0.139. The number of carbonyl (C=O) groups excluding carboxylic acids is 2. The standard InChI is InChI=1S/C17H23ClN2O2/c18-14-9-7-13(8-10-14)11-12-19-16(21)17(22)20-15-5-3-1-2-4-6-15/h7-10,15H,1-6,11-12H2,(H,19,21)(H,20,22). The van der Waals surface area contributed by atoms with Crippen molar-refractivity contribution >= 4 is 23.4 Å². The van der Waals surface area contributed by atoms with Gasteiger partial charge in [0.05, 0.1) is 0 Å². The SMILES string of the molecule is O=C(NCCc1ccc(Cl)cc1)C(=O)NC1CCCCCC1. The quantitative estimate of drug-likeness (QED) is 0.661. The molecule has 0 aromatic heterocycles.